The molecule has 0 aromatic rings. The van der Waals surface area contributed by atoms with E-state index in [0.29, 0.717) is 12.5 Å². The molecule has 0 aromatic carbocycles. The Morgan fingerprint density at radius 2 is 1.22 bits per heavy atom. The maximum atomic E-state index is 4.89. The quantitative estimate of drug-likeness (QED) is 0.120. The molecule has 0 saturated heterocycles. The largest absolute Gasteiger partial charge is 0.218 e. The van der Waals surface area contributed by atoms with Gasteiger partial charge in [0.05, 0.1) is 6.61 Å². The first-order chi connectivity index (χ1) is 13.3. The van der Waals surface area contributed by atoms with Gasteiger partial charge in [0.2, 0.25) is 0 Å². The minimum atomic E-state index is 0.543. The number of hydrogen-bond donors (Lipinski definition) is 1. The molecule has 0 spiro atoms. The minimum Gasteiger partial charge on any atom is -0.218 e. The smallest absolute Gasteiger partial charge is 0.0870 e. The second kappa shape index (κ2) is 22.6. The van der Waals surface area contributed by atoms with Crippen LogP contribution in [0.2, 0.25) is 0 Å². The van der Waals surface area contributed by atoms with Crippen molar-refractivity contribution >= 4 is 0 Å². The summed E-state index contributed by atoms with van der Waals surface area (Å²) in [7, 11) is 0. The van der Waals surface area contributed by atoms with Gasteiger partial charge in [-0.2, -0.15) is 5.90 Å². The number of hydrogen-bond acceptors (Lipinski definition) is 3. The second-order valence-corrected chi connectivity index (χ2v) is 6.65. The van der Waals surface area contributed by atoms with E-state index in [1.165, 1.54) is 19.3 Å². The van der Waals surface area contributed by atoms with Crippen molar-refractivity contribution in [2.75, 3.05) is 6.61 Å². The molecule has 0 aliphatic heterocycles. The Kier molecular flexibility index (Phi) is 21.4. The van der Waals surface area contributed by atoms with Gasteiger partial charge in [0, 0.05) is 0 Å². The first-order valence-corrected chi connectivity index (χ1v) is 10.6. The Bertz CT molecular complexity index is 436. The molecule has 0 saturated carbocycles. The average Bonchev–Trinajstić information content (AvgIpc) is 2.69. The fourth-order valence-corrected chi connectivity index (χ4v) is 2.60. The normalized spacial score (nSPS) is 14.0. The van der Waals surface area contributed by atoms with Crippen LogP contribution >= 0.6 is 0 Å². The Balaban J connectivity index is 3.52. The van der Waals surface area contributed by atoms with Crippen LogP contribution in [0.3, 0.4) is 0 Å². The predicted octanol–water partition coefficient (Wildman–Crippen LogP) is 7.15. The van der Waals surface area contributed by atoms with E-state index < -0.39 is 0 Å². The predicted molar refractivity (Wildman–Crippen MR) is 118 cm³/mol. The maximum Gasteiger partial charge on any atom is 0.0870 e. The van der Waals surface area contributed by atoms with Gasteiger partial charge in [-0.25, -0.2) is 4.89 Å². The van der Waals surface area contributed by atoms with Crippen molar-refractivity contribution in [3.63, 3.8) is 0 Å². The van der Waals surface area contributed by atoms with Crippen molar-refractivity contribution < 1.29 is 9.88 Å². The van der Waals surface area contributed by atoms with Crippen molar-refractivity contribution in [2.45, 2.75) is 78.1 Å². The zero-order chi connectivity index (χ0) is 19.8. The number of rotatable bonds is 18. The van der Waals surface area contributed by atoms with Gasteiger partial charge in [0.25, 0.3) is 0 Å². The second-order valence-electron chi connectivity index (χ2n) is 6.65. The zero-order valence-electron chi connectivity index (χ0n) is 17.5. The molecule has 0 fully saturated rings. The lowest BCUT2D eigenvalue weighted by atomic mass is 9.99. The highest BCUT2D eigenvalue weighted by Crippen LogP contribution is 2.14. The van der Waals surface area contributed by atoms with E-state index in [4.69, 9.17) is 10.8 Å². The van der Waals surface area contributed by atoms with E-state index in [2.05, 4.69) is 79.6 Å². The monoisotopic (exact) mass is 375 g/mol. The summed E-state index contributed by atoms with van der Waals surface area (Å²) < 4.78 is 0. The molecular formula is C24H41NO2. The van der Waals surface area contributed by atoms with Crippen molar-refractivity contribution in [3.05, 3.63) is 60.8 Å². The Labute approximate surface area is 167 Å². The Morgan fingerprint density at radius 3 is 1.70 bits per heavy atom. The van der Waals surface area contributed by atoms with Crippen LogP contribution in [-0.2, 0) is 9.88 Å². The van der Waals surface area contributed by atoms with Crippen molar-refractivity contribution in [2.24, 2.45) is 11.8 Å². The Morgan fingerprint density at radius 1 is 0.704 bits per heavy atom. The molecule has 0 aromatic heterocycles. The summed E-state index contributed by atoms with van der Waals surface area (Å²) in [6, 6.07) is 0. The molecule has 1 unspecified atom stereocenters. The van der Waals surface area contributed by atoms with E-state index in [9.17, 15) is 0 Å². The third-order valence-corrected chi connectivity index (χ3v) is 4.34. The van der Waals surface area contributed by atoms with Gasteiger partial charge in [-0.3, -0.25) is 0 Å². The molecular weight excluding hydrogens is 334 g/mol. The summed E-state index contributed by atoms with van der Waals surface area (Å²) in [5.74, 6) is 5.43. The molecule has 1 atom stereocenters. The topological polar surface area (TPSA) is 44.5 Å². The molecule has 3 heteroatoms. The van der Waals surface area contributed by atoms with Gasteiger partial charge in [-0.05, 0) is 57.3 Å². The fraction of sp³-hybridized carbons (Fsp3) is 0.583. The summed E-state index contributed by atoms with van der Waals surface area (Å²) in [6.45, 7) is 4.93. The lowest BCUT2D eigenvalue weighted by Gasteiger charge is -2.12. The van der Waals surface area contributed by atoms with Crippen LogP contribution in [0.4, 0.5) is 0 Å². The molecule has 0 aliphatic carbocycles. The third-order valence-electron chi connectivity index (χ3n) is 4.34. The molecule has 0 aliphatic rings. The zero-order valence-corrected chi connectivity index (χ0v) is 17.5. The van der Waals surface area contributed by atoms with Crippen LogP contribution in [-0.4, -0.2) is 6.61 Å². The van der Waals surface area contributed by atoms with Crippen LogP contribution in [0.15, 0.2) is 60.8 Å². The van der Waals surface area contributed by atoms with Gasteiger partial charge in [-0.1, -0.05) is 87.4 Å². The van der Waals surface area contributed by atoms with Crippen molar-refractivity contribution in [1.82, 2.24) is 0 Å². The molecule has 0 rings (SSSR count). The van der Waals surface area contributed by atoms with Crippen LogP contribution in [0, 0.1) is 5.92 Å². The van der Waals surface area contributed by atoms with Gasteiger partial charge in [-0.15, -0.1) is 4.99 Å². The molecule has 0 radical (unpaired) electrons. The highest BCUT2D eigenvalue weighted by molar-refractivity contribution is 5.00. The van der Waals surface area contributed by atoms with Gasteiger partial charge in [0.1, 0.15) is 0 Å². The molecule has 0 bridgehead atoms. The summed E-state index contributed by atoms with van der Waals surface area (Å²) in [6.07, 6.45) is 33.5. The standard InChI is InChI=1S/C24H41NO2/c1-3-5-6-7-8-9-10-11-12-13-14-15-16-17-18-19-20-21-22-24(4-2)23-26-27-25/h5-6,8-9,11-12,14-15,17-18,24H,3-4,7,10,13,16,19-23,25H2,1-2H3/b6-5-,9-8-,12-11-,15-14-,18-17-. The van der Waals surface area contributed by atoms with Crippen LogP contribution in [0.25, 0.3) is 0 Å². The van der Waals surface area contributed by atoms with Crippen LogP contribution < -0.4 is 5.90 Å². The van der Waals surface area contributed by atoms with Crippen molar-refractivity contribution in [3.8, 4) is 0 Å². The first-order valence-electron chi connectivity index (χ1n) is 10.6. The molecule has 27 heavy (non-hydrogen) atoms. The summed E-state index contributed by atoms with van der Waals surface area (Å²) >= 11 is 0. The van der Waals surface area contributed by atoms with Gasteiger partial charge >= 0.3 is 0 Å². The van der Waals surface area contributed by atoms with Crippen molar-refractivity contribution in [1.29, 1.82) is 0 Å². The third kappa shape index (κ3) is 20.7. The lowest BCUT2D eigenvalue weighted by Crippen LogP contribution is -2.11. The molecule has 0 amide bonds. The van der Waals surface area contributed by atoms with Crippen LogP contribution in [0.1, 0.15) is 78.1 Å². The summed E-state index contributed by atoms with van der Waals surface area (Å²) in [5, 5.41) is 0. The highest BCUT2D eigenvalue weighted by atomic mass is 17.3. The molecule has 154 valence electrons. The minimum absolute atomic E-state index is 0.543. The number of nitrogens with two attached hydrogens (primary N) is 1. The molecule has 2 N–H and O–H groups in total. The van der Waals surface area contributed by atoms with Crippen LogP contribution in [0.5, 0.6) is 0 Å². The lowest BCUT2D eigenvalue weighted by molar-refractivity contribution is -0.306. The van der Waals surface area contributed by atoms with E-state index in [1.54, 1.807) is 0 Å². The fourth-order valence-electron chi connectivity index (χ4n) is 2.60. The van der Waals surface area contributed by atoms with Gasteiger partial charge < -0.3 is 0 Å². The highest BCUT2D eigenvalue weighted by Gasteiger charge is 2.06. The van der Waals surface area contributed by atoms with E-state index in [-0.39, 0.29) is 0 Å². The molecule has 0 heterocycles. The molecule has 3 nitrogen and oxygen atoms in total. The SMILES string of the molecule is CC/C=C\C/C=C\C/C=C\C/C=C\C/C=C\CCCCC(CC)COON. The van der Waals surface area contributed by atoms with Gasteiger partial charge in [0.15, 0.2) is 0 Å². The number of unbranched alkanes of at least 4 members (excludes halogenated alkanes) is 2. The average molecular weight is 376 g/mol. The van der Waals surface area contributed by atoms with E-state index in [0.717, 1.165) is 44.9 Å². The van der Waals surface area contributed by atoms with E-state index in [1.807, 2.05) is 0 Å². The summed E-state index contributed by atoms with van der Waals surface area (Å²) in [5.41, 5.74) is 0. The summed E-state index contributed by atoms with van der Waals surface area (Å²) in [4.78, 5) is 9.01. The van der Waals surface area contributed by atoms with E-state index >= 15 is 0 Å². The Hall–Kier alpha value is -1.42. The number of allylic oxidation sites excluding steroid dienone is 10. The maximum absolute atomic E-state index is 4.89. The first kappa shape index (κ1) is 25.6.